The maximum absolute atomic E-state index is 13.3. The van der Waals surface area contributed by atoms with Crippen LogP contribution < -0.4 is 16.0 Å². The molecule has 3 amide bonds. The Bertz CT molecular complexity index is 906. The van der Waals surface area contributed by atoms with Gasteiger partial charge in [0.25, 0.3) is 5.91 Å². The van der Waals surface area contributed by atoms with Crippen LogP contribution in [0.1, 0.15) is 76.6 Å². The van der Waals surface area contributed by atoms with Crippen molar-refractivity contribution in [3.63, 3.8) is 0 Å². The molecule has 0 radical (unpaired) electrons. The van der Waals surface area contributed by atoms with E-state index in [0.29, 0.717) is 18.6 Å². The predicted molar refractivity (Wildman–Crippen MR) is 129 cm³/mol. The largest absolute Gasteiger partial charge is 0.382 e. The predicted octanol–water partition coefficient (Wildman–Crippen LogP) is 2.16. The van der Waals surface area contributed by atoms with Gasteiger partial charge in [-0.3, -0.25) is 19.2 Å². The third kappa shape index (κ3) is 8.45. The molecule has 1 aliphatic carbocycles. The smallest absolute Gasteiger partial charge is 0.274 e. The lowest BCUT2D eigenvalue weighted by Gasteiger charge is -2.27. The van der Waals surface area contributed by atoms with Crippen LogP contribution in [0.2, 0.25) is 0 Å². The quantitative estimate of drug-likeness (QED) is 0.361. The van der Waals surface area contributed by atoms with Crippen molar-refractivity contribution < 1.29 is 28.4 Å². The van der Waals surface area contributed by atoms with Gasteiger partial charge in [0.1, 0.15) is 17.8 Å². The molecule has 1 aliphatic rings. The molecule has 3 atom stereocenters. The molecule has 2 rings (SSSR count). The first kappa shape index (κ1) is 28.5. The summed E-state index contributed by atoms with van der Waals surface area (Å²) in [6.07, 6.45) is 2.55. The van der Waals surface area contributed by atoms with Gasteiger partial charge in [-0.05, 0) is 44.4 Å². The lowest BCUT2D eigenvalue weighted by Crippen LogP contribution is -2.57. The summed E-state index contributed by atoms with van der Waals surface area (Å²) in [7, 11) is 1.41. The van der Waals surface area contributed by atoms with Crippen LogP contribution in [-0.2, 0) is 19.1 Å². The number of ketones is 1. The average molecular weight is 493 g/mol. The van der Waals surface area contributed by atoms with Crippen molar-refractivity contribution in [2.45, 2.75) is 85.4 Å². The van der Waals surface area contributed by atoms with E-state index in [9.17, 15) is 19.2 Å². The van der Waals surface area contributed by atoms with Crippen molar-refractivity contribution in [1.82, 2.24) is 21.1 Å². The van der Waals surface area contributed by atoms with Gasteiger partial charge < -0.3 is 25.2 Å². The zero-order valence-corrected chi connectivity index (χ0v) is 21.9. The third-order valence-electron chi connectivity index (χ3n) is 6.09. The van der Waals surface area contributed by atoms with Gasteiger partial charge in [-0.1, -0.05) is 39.8 Å². The number of ether oxygens (including phenoxy) is 1. The van der Waals surface area contributed by atoms with E-state index in [4.69, 9.17) is 9.26 Å². The first-order valence-corrected chi connectivity index (χ1v) is 12.2. The molecular weight excluding hydrogens is 452 g/mol. The van der Waals surface area contributed by atoms with Gasteiger partial charge in [-0.15, -0.1) is 0 Å². The zero-order valence-electron chi connectivity index (χ0n) is 21.9. The van der Waals surface area contributed by atoms with Crippen LogP contribution in [0, 0.1) is 24.2 Å². The number of aromatic nitrogens is 1. The topological polar surface area (TPSA) is 140 Å². The Morgan fingerprint density at radius 1 is 0.971 bits per heavy atom. The molecule has 1 aromatic rings. The minimum Gasteiger partial charge on any atom is -0.382 e. The molecule has 1 heterocycles. The van der Waals surface area contributed by atoms with Crippen molar-refractivity contribution >= 4 is 23.5 Å². The first-order valence-electron chi connectivity index (χ1n) is 12.2. The molecule has 1 saturated carbocycles. The summed E-state index contributed by atoms with van der Waals surface area (Å²) in [6, 6.07) is -1.07. The fraction of sp³-hybridized carbons (Fsp3) is 0.720. The first-order chi connectivity index (χ1) is 16.4. The maximum Gasteiger partial charge on any atom is 0.274 e. The van der Waals surface area contributed by atoms with E-state index in [1.807, 2.05) is 34.6 Å². The number of nitrogens with zero attached hydrogens (tertiary/aromatic N) is 1. The average Bonchev–Trinajstić information content (AvgIpc) is 3.37. The number of carbonyl (C=O) groups is 4. The summed E-state index contributed by atoms with van der Waals surface area (Å²) in [5.74, 6) is -0.758. The second kappa shape index (κ2) is 12.3. The fourth-order valence-electron chi connectivity index (χ4n) is 3.86. The van der Waals surface area contributed by atoms with Crippen LogP contribution in [0.25, 0.3) is 0 Å². The summed E-state index contributed by atoms with van der Waals surface area (Å²) in [4.78, 5) is 51.9. The van der Waals surface area contributed by atoms with Gasteiger partial charge in [-0.25, -0.2) is 0 Å². The van der Waals surface area contributed by atoms with E-state index in [1.165, 1.54) is 13.2 Å². The fourth-order valence-corrected chi connectivity index (χ4v) is 3.86. The number of Topliss-reactive ketones (excluding diaryl/α,β-unsaturated/α-hetero) is 1. The Balaban J connectivity index is 2.13. The Kier molecular flexibility index (Phi) is 10.00. The number of aryl methyl sites for hydroxylation is 1. The normalized spacial score (nSPS) is 16.9. The molecule has 0 aromatic carbocycles. The molecular formula is C25H40N4O6. The van der Waals surface area contributed by atoms with E-state index >= 15 is 0 Å². The summed E-state index contributed by atoms with van der Waals surface area (Å²) in [5, 5.41) is 11.9. The van der Waals surface area contributed by atoms with Gasteiger partial charge in [0, 0.05) is 18.6 Å². The number of carbonyl (C=O) groups excluding carboxylic acids is 4. The SMILES string of the molecule is COC[C@H](NC(=O)c1cc(C)on1)C(=O)N[C@@H](CC(C)C)C(=O)N[C@@H](CC(C)C)C(=O)C1(C)CC1. The van der Waals surface area contributed by atoms with Crippen LogP contribution in [-0.4, -0.2) is 60.5 Å². The molecule has 0 unspecified atom stereocenters. The number of nitrogens with one attached hydrogen (secondary N) is 3. The number of methoxy groups -OCH3 is 1. The molecule has 196 valence electrons. The molecule has 1 fully saturated rings. The highest BCUT2D eigenvalue weighted by molar-refractivity contribution is 5.98. The minimum absolute atomic E-state index is 0.0384. The minimum atomic E-state index is -1.05. The van der Waals surface area contributed by atoms with Crippen molar-refractivity contribution in [2.75, 3.05) is 13.7 Å². The van der Waals surface area contributed by atoms with Crippen molar-refractivity contribution in [3.05, 3.63) is 17.5 Å². The third-order valence-corrected chi connectivity index (χ3v) is 6.09. The van der Waals surface area contributed by atoms with E-state index < -0.39 is 35.8 Å². The van der Waals surface area contributed by atoms with Gasteiger partial charge in [0.2, 0.25) is 11.8 Å². The Morgan fingerprint density at radius 3 is 2.00 bits per heavy atom. The van der Waals surface area contributed by atoms with Crippen LogP contribution in [0.4, 0.5) is 0 Å². The van der Waals surface area contributed by atoms with Gasteiger partial charge in [0.15, 0.2) is 11.5 Å². The van der Waals surface area contributed by atoms with E-state index in [0.717, 1.165) is 12.8 Å². The van der Waals surface area contributed by atoms with Crippen LogP contribution >= 0.6 is 0 Å². The summed E-state index contributed by atoms with van der Waals surface area (Å²) >= 11 is 0. The maximum atomic E-state index is 13.3. The number of hydrogen-bond donors (Lipinski definition) is 3. The molecule has 3 N–H and O–H groups in total. The number of hydrogen-bond acceptors (Lipinski definition) is 7. The monoisotopic (exact) mass is 492 g/mol. The van der Waals surface area contributed by atoms with Gasteiger partial charge >= 0.3 is 0 Å². The summed E-state index contributed by atoms with van der Waals surface area (Å²) in [6.45, 7) is 11.4. The highest BCUT2D eigenvalue weighted by Crippen LogP contribution is 2.47. The van der Waals surface area contributed by atoms with Crippen LogP contribution in [0.3, 0.4) is 0 Å². The van der Waals surface area contributed by atoms with E-state index in [1.54, 1.807) is 6.92 Å². The van der Waals surface area contributed by atoms with Crippen LogP contribution in [0.5, 0.6) is 0 Å². The molecule has 10 nitrogen and oxygen atoms in total. The van der Waals surface area contributed by atoms with Crippen LogP contribution in [0.15, 0.2) is 10.6 Å². The summed E-state index contributed by atoms with van der Waals surface area (Å²) < 4.78 is 10.0. The molecule has 35 heavy (non-hydrogen) atoms. The highest BCUT2D eigenvalue weighted by atomic mass is 16.5. The van der Waals surface area contributed by atoms with Gasteiger partial charge in [-0.2, -0.15) is 0 Å². The molecule has 10 heteroatoms. The number of rotatable bonds is 14. The lowest BCUT2D eigenvalue weighted by atomic mass is 9.90. The Morgan fingerprint density at radius 2 is 1.51 bits per heavy atom. The zero-order chi connectivity index (χ0) is 26.3. The van der Waals surface area contributed by atoms with Crippen molar-refractivity contribution in [2.24, 2.45) is 17.3 Å². The Labute approximate surface area is 207 Å². The summed E-state index contributed by atoms with van der Waals surface area (Å²) in [5.41, 5.74) is -0.340. The highest BCUT2D eigenvalue weighted by Gasteiger charge is 2.48. The van der Waals surface area contributed by atoms with Gasteiger partial charge in [0.05, 0.1) is 12.6 Å². The molecule has 0 spiro atoms. The molecule has 0 bridgehead atoms. The Hall–Kier alpha value is -2.75. The lowest BCUT2D eigenvalue weighted by molar-refractivity contribution is -0.134. The molecule has 0 saturated heterocycles. The van der Waals surface area contributed by atoms with Crippen molar-refractivity contribution in [3.8, 4) is 0 Å². The van der Waals surface area contributed by atoms with Crippen molar-refractivity contribution in [1.29, 1.82) is 0 Å². The van der Waals surface area contributed by atoms with E-state index in [2.05, 4.69) is 21.1 Å². The molecule has 0 aliphatic heterocycles. The number of amides is 3. The second-order valence-electron chi connectivity index (χ2n) is 10.6. The second-order valence-corrected chi connectivity index (χ2v) is 10.6. The standard InChI is InChI=1S/C25H40N4O6/c1-14(2)10-17(21(30)25(6)8-9-25)26-22(31)18(11-15(3)4)27-24(33)20(13-34-7)28-23(32)19-12-16(5)35-29-19/h12,14-15,17-18,20H,8-11,13H2,1-7H3,(H,26,31)(H,27,33)(H,28,32)/t17-,18-,20-/m0/s1. The van der Waals surface area contributed by atoms with E-state index in [-0.39, 0.29) is 35.3 Å². The molecule has 1 aromatic heterocycles.